The van der Waals surface area contributed by atoms with E-state index < -0.39 is 23.6 Å². The minimum Gasteiger partial charge on any atom is -0.481 e. The molecule has 3 N–H and O–H groups in total. The first-order valence-corrected chi connectivity index (χ1v) is 6.11. The van der Waals surface area contributed by atoms with E-state index in [1.807, 2.05) is 20.8 Å². The zero-order chi connectivity index (χ0) is 15.7. The van der Waals surface area contributed by atoms with Crippen molar-refractivity contribution in [3.05, 3.63) is 29.3 Å². The third-order valence-corrected chi connectivity index (χ3v) is 2.90. The summed E-state index contributed by atoms with van der Waals surface area (Å²) in [4.78, 5) is 11.4. The standard InChI is InChI=1S/C14H18F3NO2/c1-13(2,3)7-10(12(19)20)9-6-8(14(15,16)17)4-5-11(9)18/h4-6,10H,7,18H2,1-3H3,(H,19,20). The summed E-state index contributed by atoms with van der Waals surface area (Å²) in [5, 5.41) is 9.27. The number of anilines is 1. The Morgan fingerprint density at radius 1 is 1.30 bits per heavy atom. The van der Waals surface area contributed by atoms with E-state index in [1.54, 1.807) is 0 Å². The average molecular weight is 289 g/mol. The van der Waals surface area contributed by atoms with E-state index in [1.165, 1.54) is 0 Å². The molecule has 1 rings (SSSR count). The highest BCUT2D eigenvalue weighted by molar-refractivity contribution is 5.78. The van der Waals surface area contributed by atoms with E-state index in [0.717, 1.165) is 18.2 Å². The minimum atomic E-state index is -4.52. The van der Waals surface area contributed by atoms with Crippen LogP contribution in [0, 0.1) is 5.41 Å². The van der Waals surface area contributed by atoms with E-state index in [0.29, 0.717) is 0 Å². The summed E-state index contributed by atoms with van der Waals surface area (Å²) in [5.41, 5.74) is 4.51. The number of alkyl halides is 3. The van der Waals surface area contributed by atoms with E-state index in [-0.39, 0.29) is 23.1 Å². The number of rotatable bonds is 3. The molecular weight excluding hydrogens is 271 g/mol. The zero-order valence-electron chi connectivity index (χ0n) is 11.6. The SMILES string of the molecule is CC(C)(C)CC(C(=O)O)c1cc(C(F)(F)F)ccc1N. The number of hydrogen-bond acceptors (Lipinski definition) is 2. The summed E-state index contributed by atoms with van der Waals surface area (Å²) in [5.74, 6) is -2.23. The Labute approximate surface area is 115 Å². The molecule has 0 spiro atoms. The van der Waals surface area contributed by atoms with Gasteiger partial charge >= 0.3 is 12.1 Å². The van der Waals surface area contributed by atoms with Gasteiger partial charge in [0.25, 0.3) is 0 Å². The van der Waals surface area contributed by atoms with Crippen LogP contribution in [0.3, 0.4) is 0 Å². The van der Waals surface area contributed by atoms with E-state index in [4.69, 9.17) is 5.73 Å². The quantitative estimate of drug-likeness (QED) is 0.830. The molecule has 0 radical (unpaired) electrons. The molecule has 20 heavy (non-hydrogen) atoms. The fourth-order valence-corrected chi connectivity index (χ4v) is 2.00. The van der Waals surface area contributed by atoms with Gasteiger partial charge in [0.05, 0.1) is 11.5 Å². The number of carboxylic acids is 1. The highest BCUT2D eigenvalue weighted by Crippen LogP contribution is 2.37. The summed E-state index contributed by atoms with van der Waals surface area (Å²) in [6, 6.07) is 2.80. The lowest BCUT2D eigenvalue weighted by Gasteiger charge is -2.25. The molecule has 0 saturated carbocycles. The van der Waals surface area contributed by atoms with Crippen LogP contribution in [0.2, 0.25) is 0 Å². The molecule has 3 nitrogen and oxygen atoms in total. The van der Waals surface area contributed by atoms with Gasteiger partial charge in [-0.05, 0) is 35.6 Å². The van der Waals surface area contributed by atoms with Crippen molar-refractivity contribution >= 4 is 11.7 Å². The predicted molar refractivity (Wildman–Crippen MR) is 70.3 cm³/mol. The molecule has 6 heteroatoms. The summed E-state index contributed by atoms with van der Waals surface area (Å²) in [6.45, 7) is 5.48. The van der Waals surface area contributed by atoms with Gasteiger partial charge in [-0.1, -0.05) is 20.8 Å². The Kier molecular flexibility index (Phi) is 4.36. The molecule has 1 atom stereocenters. The molecular formula is C14H18F3NO2. The first-order chi connectivity index (χ1) is 8.92. The smallest absolute Gasteiger partial charge is 0.416 e. The monoisotopic (exact) mass is 289 g/mol. The zero-order valence-corrected chi connectivity index (χ0v) is 11.6. The van der Waals surface area contributed by atoms with E-state index in [2.05, 4.69) is 0 Å². The molecule has 0 heterocycles. The second-order valence-electron chi connectivity index (χ2n) is 6.00. The Hall–Kier alpha value is -1.72. The normalized spacial score (nSPS) is 14.1. The summed E-state index contributed by atoms with van der Waals surface area (Å²) >= 11 is 0. The van der Waals surface area contributed by atoms with Crippen LogP contribution in [-0.2, 0) is 11.0 Å². The Balaban J connectivity index is 3.30. The minimum absolute atomic E-state index is 0.0160. The summed E-state index contributed by atoms with van der Waals surface area (Å²) in [7, 11) is 0. The maximum absolute atomic E-state index is 12.7. The fraction of sp³-hybridized carbons (Fsp3) is 0.500. The molecule has 0 bridgehead atoms. The molecule has 0 aromatic heterocycles. The lowest BCUT2D eigenvalue weighted by Crippen LogP contribution is -2.21. The number of aliphatic carboxylic acids is 1. The van der Waals surface area contributed by atoms with Crippen LogP contribution >= 0.6 is 0 Å². The van der Waals surface area contributed by atoms with Crippen LogP contribution in [0.25, 0.3) is 0 Å². The molecule has 0 aliphatic carbocycles. The van der Waals surface area contributed by atoms with Gasteiger partial charge in [-0.3, -0.25) is 4.79 Å². The van der Waals surface area contributed by atoms with Crippen molar-refractivity contribution in [2.75, 3.05) is 5.73 Å². The van der Waals surface area contributed by atoms with Gasteiger partial charge in [-0.15, -0.1) is 0 Å². The molecule has 0 aliphatic heterocycles. The third-order valence-electron chi connectivity index (χ3n) is 2.90. The highest BCUT2D eigenvalue weighted by Gasteiger charge is 2.34. The van der Waals surface area contributed by atoms with Crippen molar-refractivity contribution in [2.24, 2.45) is 5.41 Å². The molecule has 0 aliphatic rings. The van der Waals surface area contributed by atoms with Crippen LogP contribution in [0.1, 0.15) is 44.2 Å². The van der Waals surface area contributed by atoms with Gasteiger partial charge in [-0.2, -0.15) is 13.2 Å². The van der Waals surface area contributed by atoms with Crippen molar-refractivity contribution in [1.82, 2.24) is 0 Å². The predicted octanol–water partition coefficient (Wildman–Crippen LogP) is 3.89. The molecule has 0 saturated heterocycles. The van der Waals surface area contributed by atoms with Crippen LogP contribution in [0.15, 0.2) is 18.2 Å². The Morgan fingerprint density at radius 3 is 2.25 bits per heavy atom. The molecule has 0 fully saturated rings. The summed E-state index contributed by atoms with van der Waals surface area (Å²) in [6.07, 6.45) is -4.32. The third kappa shape index (κ3) is 4.15. The van der Waals surface area contributed by atoms with Gasteiger partial charge in [0, 0.05) is 5.69 Å². The number of nitrogens with two attached hydrogens (primary N) is 1. The maximum Gasteiger partial charge on any atom is 0.416 e. The van der Waals surface area contributed by atoms with Crippen molar-refractivity contribution in [2.45, 2.75) is 39.3 Å². The van der Waals surface area contributed by atoms with Crippen LogP contribution in [0.4, 0.5) is 18.9 Å². The Bertz CT molecular complexity index is 504. The second-order valence-corrected chi connectivity index (χ2v) is 6.00. The van der Waals surface area contributed by atoms with Crippen molar-refractivity contribution in [3.8, 4) is 0 Å². The van der Waals surface area contributed by atoms with Gasteiger partial charge in [0.15, 0.2) is 0 Å². The number of benzene rings is 1. The molecule has 1 aromatic carbocycles. The number of halogens is 3. The molecule has 1 aromatic rings. The molecule has 1 unspecified atom stereocenters. The largest absolute Gasteiger partial charge is 0.481 e. The van der Waals surface area contributed by atoms with E-state index >= 15 is 0 Å². The first kappa shape index (κ1) is 16.3. The van der Waals surface area contributed by atoms with Crippen molar-refractivity contribution < 1.29 is 23.1 Å². The highest BCUT2D eigenvalue weighted by atomic mass is 19.4. The number of carboxylic acid groups (broad SMARTS) is 1. The lowest BCUT2D eigenvalue weighted by atomic mass is 9.80. The van der Waals surface area contributed by atoms with Crippen LogP contribution < -0.4 is 5.73 Å². The van der Waals surface area contributed by atoms with E-state index in [9.17, 15) is 23.1 Å². The number of nitrogen functional groups attached to an aromatic ring is 1. The summed E-state index contributed by atoms with van der Waals surface area (Å²) < 4.78 is 38.1. The number of hydrogen-bond donors (Lipinski definition) is 2. The number of carbonyl (C=O) groups is 1. The second kappa shape index (κ2) is 5.34. The average Bonchev–Trinajstić information content (AvgIpc) is 2.23. The maximum atomic E-state index is 12.7. The van der Waals surface area contributed by atoms with Gasteiger partial charge < -0.3 is 10.8 Å². The van der Waals surface area contributed by atoms with Gasteiger partial charge in [0.1, 0.15) is 0 Å². The molecule has 112 valence electrons. The van der Waals surface area contributed by atoms with Crippen LogP contribution in [0.5, 0.6) is 0 Å². The van der Waals surface area contributed by atoms with Gasteiger partial charge in [0.2, 0.25) is 0 Å². The van der Waals surface area contributed by atoms with Crippen LogP contribution in [-0.4, -0.2) is 11.1 Å². The molecule has 0 amide bonds. The van der Waals surface area contributed by atoms with Crippen molar-refractivity contribution in [3.63, 3.8) is 0 Å². The topological polar surface area (TPSA) is 63.3 Å². The fourth-order valence-electron chi connectivity index (χ4n) is 2.00. The lowest BCUT2D eigenvalue weighted by molar-refractivity contribution is -0.140. The van der Waals surface area contributed by atoms with Crippen molar-refractivity contribution in [1.29, 1.82) is 0 Å². The van der Waals surface area contributed by atoms with Gasteiger partial charge in [-0.25, -0.2) is 0 Å². The Morgan fingerprint density at radius 2 is 1.85 bits per heavy atom. The first-order valence-electron chi connectivity index (χ1n) is 6.11.